The van der Waals surface area contributed by atoms with Gasteiger partial charge in [0.05, 0.1) is 29.9 Å². The van der Waals surface area contributed by atoms with Gasteiger partial charge in [0.25, 0.3) is 5.91 Å². The van der Waals surface area contributed by atoms with Crippen LogP contribution >= 0.6 is 0 Å². The highest BCUT2D eigenvalue weighted by molar-refractivity contribution is 6.09. The number of piperidine rings is 2. The molecule has 2 aliphatic heterocycles. The Kier molecular flexibility index (Phi) is 9.06. The van der Waals surface area contributed by atoms with Crippen LogP contribution in [0.1, 0.15) is 79.0 Å². The molecule has 2 saturated heterocycles. The van der Waals surface area contributed by atoms with Gasteiger partial charge in [0, 0.05) is 43.8 Å². The fourth-order valence-electron chi connectivity index (χ4n) is 5.82. The van der Waals surface area contributed by atoms with Crippen molar-refractivity contribution in [3.63, 3.8) is 0 Å². The van der Waals surface area contributed by atoms with Crippen molar-refractivity contribution in [2.45, 2.75) is 70.3 Å². The van der Waals surface area contributed by atoms with Crippen LogP contribution in [0.3, 0.4) is 0 Å². The summed E-state index contributed by atoms with van der Waals surface area (Å²) in [5.41, 5.74) is -1.56. The molecule has 0 spiro atoms. The minimum absolute atomic E-state index is 0.0168. The summed E-state index contributed by atoms with van der Waals surface area (Å²) in [5, 5.41) is 7.87. The van der Waals surface area contributed by atoms with Crippen molar-refractivity contribution in [1.29, 1.82) is 0 Å². The second-order valence-corrected chi connectivity index (χ2v) is 12.4. The van der Waals surface area contributed by atoms with Crippen molar-refractivity contribution in [1.82, 2.24) is 24.6 Å². The number of carbonyl (C=O) groups excluding carboxylic acids is 3. The van der Waals surface area contributed by atoms with Crippen molar-refractivity contribution in [3.8, 4) is 0 Å². The average molecular weight is 631 g/mol. The van der Waals surface area contributed by atoms with Crippen LogP contribution in [-0.4, -0.2) is 87.5 Å². The molecular weight excluding hydrogens is 593 g/mol. The maximum absolute atomic E-state index is 13.1. The van der Waals surface area contributed by atoms with Gasteiger partial charge in [-0.25, -0.2) is 14.6 Å². The van der Waals surface area contributed by atoms with E-state index in [0.29, 0.717) is 30.0 Å². The molecule has 0 atom stereocenters. The molecular formula is C31H37F3N6O5. The lowest BCUT2D eigenvalue weighted by Gasteiger charge is -2.41. The first kappa shape index (κ1) is 32.2. The Morgan fingerprint density at radius 2 is 1.62 bits per heavy atom. The lowest BCUT2D eigenvalue weighted by atomic mass is 9.98. The Morgan fingerprint density at radius 1 is 0.956 bits per heavy atom. The zero-order chi connectivity index (χ0) is 32.5. The smallest absolute Gasteiger partial charge is 0.433 e. The van der Waals surface area contributed by atoms with Crippen LogP contribution in [0.2, 0.25) is 0 Å². The number of ether oxygens (including phenoxy) is 2. The van der Waals surface area contributed by atoms with Gasteiger partial charge in [0.1, 0.15) is 17.0 Å². The van der Waals surface area contributed by atoms with Gasteiger partial charge in [0.2, 0.25) is 0 Å². The van der Waals surface area contributed by atoms with Crippen LogP contribution in [0, 0.1) is 0 Å². The highest BCUT2D eigenvalue weighted by Crippen LogP contribution is 2.31. The molecule has 0 radical (unpaired) electrons. The molecule has 4 heterocycles. The Morgan fingerprint density at radius 3 is 2.24 bits per heavy atom. The largest absolute Gasteiger partial charge is 0.465 e. The fourth-order valence-corrected chi connectivity index (χ4v) is 5.82. The highest BCUT2D eigenvalue weighted by atomic mass is 19.4. The third kappa shape index (κ3) is 7.55. The predicted octanol–water partition coefficient (Wildman–Crippen LogP) is 5.53. The summed E-state index contributed by atoms with van der Waals surface area (Å²) in [6.45, 7) is 8.66. The maximum atomic E-state index is 13.1. The molecule has 1 N–H and O–H groups in total. The van der Waals surface area contributed by atoms with E-state index in [2.05, 4.69) is 15.2 Å². The van der Waals surface area contributed by atoms with Crippen molar-refractivity contribution in [3.05, 3.63) is 53.5 Å². The average Bonchev–Trinajstić information content (AvgIpc) is 3.42. The van der Waals surface area contributed by atoms with Crippen LogP contribution in [0.15, 0.2) is 36.5 Å². The third-order valence-electron chi connectivity index (χ3n) is 8.09. The number of amides is 2. The molecule has 2 amide bonds. The number of hydrogen-bond donors (Lipinski definition) is 1. The molecule has 3 aromatic rings. The first-order valence-electron chi connectivity index (χ1n) is 14.9. The zero-order valence-corrected chi connectivity index (χ0v) is 25.7. The standard InChI is InChI=1S/C31H37F3N6O5/c1-30(2,3)45-29(43)39-14-8-20(9-15-39)38-12-10-21(11-13-38)40-18-19-16-25(22(28(42)44-4)17-24(19)37-40)36-27(41)23-6-5-7-26(35-23)31(32,33)34/h5-7,16-18,20-21H,8-15H2,1-4H3,(H,36,41). The molecule has 0 aliphatic carbocycles. The fraction of sp³-hybridized carbons (Fsp3) is 0.516. The Balaban J connectivity index is 1.25. The van der Waals surface area contributed by atoms with Gasteiger partial charge in [0.15, 0.2) is 0 Å². The summed E-state index contributed by atoms with van der Waals surface area (Å²) < 4.78 is 51.6. The van der Waals surface area contributed by atoms with E-state index >= 15 is 0 Å². The van der Waals surface area contributed by atoms with E-state index in [4.69, 9.17) is 14.6 Å². The summed E-state index contributed by atoms with van der Waals surface area (Å²) in [7, 11) is 1.19. The number of aromatic nitrogens is 3. The Bertz CT molecular complexity index is 1570. The topological polar surface area (TPSA) is 119 Å². The van der Waals surface area contributed by atoms with E-state index in [-0.39, 0.29) is 23.4 Å². The first-order chi connectivity index (χ1) is 21.2. The lowest BCUT2D eigenvalue weighted by molar-refractivity contribution is -0.141. The van der Waals surface area contributed by atoms with Crippen molar-refractivity contribution in [2.75, 3.05) is 38.6 Å². The number of nitrogens with zero attached hydrogens (tertiary/aromatic N) is 5. The molecule has 14 heteroatoms. The molecule has 242 valence electrons. The molecule has 5 rings (SSSR count). The molecule has 45 heavy (non-hydrogen) atoms. The number of fused-ring (bicyclic) bond motifs is 1. The number of benzene rings is 1. The molecule has 2 aliphatic rings. The van der Waals surface area contributed by atoms with Crippen LogP contribution in [0.4, 0.5) is 23.7 Å². The summed E-state index contributed by atoms with van der Waals surface area (Å²) >= 11 is 0. The summed E-state index contributed by atoms with van der Waals surface area (Å²) in [6.07, 6.45) is 0.345. The van der Waals surface area contributed by atoms with Crippen LogP contribution in [0.25, 0.3) is 10.9 Å². The quantitative estimate of drug-likeness (QED) is 0.366. The molecule has 0 unspecified atom stereocenters. The minimum Gasteiger partial charge on any atom is -0.465 e. The number of nitrogens with one attached hydrogen (secondary N) is 1. The van der Waals surface area contributed by atoms with Gasteiger partial charge in [-0.2, -0.15) is 18.3 Å². The number of anilines is 1. The third-order valence-corrected chi connectivity index (χ3v) is 8.09. The molecule has 0 bridgehead atoms. The van der Waals surface area contributed by atoms with E-state index in [9.17, 15) is 27.6 Å². The molecule has 2 aromatic heterocycles. The van der Waals surface area contributed by atoms with E-state index in [1.807, 2.05) is 31.6 Å². The van der Waals surface area contributed by atoms with E-state index in [1.165, 1.54) is 13.2 Å². The molecule has 1 aromatic carbocycles. The van der Waals surface area contributed by atoms with Gasteiger partial charge in [-0.3, -0.25) is 9.48 Å². The number of methoxy groups -OCH3 is 1. The normalized spacial score (nSPS) is 17.4. The Hall–Kier alpha value is -4.20. The van der Waals surface area contributed by atoms with Crippen LogP contribution in [-0.2, 0) is 15.7 Å². The number of carbonyl (C=O) groups is 3. The Labute approximate surface area is 258 Å². The number of hydrogen-bond acceptors (Lipinski definition) is 8. The number of pyridine rings is 1. The highest BCUT2D eigenvalue weighted by Gasteiger charge is 2.34. The lowest BCUT2D eigenvalue weighted by Crippen LogP contribution is -2.49. The zero-order valence-electron chi connectivity index (χ0n) is 25.7. The van der Waals surface area contributed by atoms with Crippen molar-refractivity contribution in [2.24, 2.45) is 0 Å². The molecule has 0 saturated carbocycles. The van der Waals surface area contributed by atoms with E-state index < -0.39 is 35.0 Å². The van der Waals surface area contributed by atoms with E-state index in [1.54, 1.807) is 11.0 Å². The number of rotatable bonds is 5. The van der Waals surface area contributed by atoms with Gasteiger partial charge in [-0.05, 0) is 70.7 Å². The number of likely N-dealkylation sites (tertiary alicyclic amines) is 2. The van der Waals surface area contributed by atoms with Gasteiger partial charge in [-0.15, -0.1) is 0 Å². The van der Waals surface area contributed by atoms with Crippen molar-refractivity contribution < 1.29 is 37.0 Å². The summed E-state index contributed by atoms with van der Waals surface area (Å²) in [5.74, 6) is -1.63. The molecule has 11 nitrogen and oxygen atoms in total. The number of esters is 1. The maximum Gasteiger partial charge on any atom is 0.433 e. The molecule has 2 fully saturated rings. The first-order valence-corrected chi connectivity index (χ1v) is 14.9. The van der Waals surface area contributed by atoms with Crippen LogP contribution < -0.4 is 5.32 Å². The van der Waals surface area contributed by atoms with Gasteiger partial charge in [-0.1, -0.05) is 6.07 Å². The van der Waals surface area contributed by atoms with Gasteiger partial charge < -0.3 is 24.6 Å². The summed E-state index contributed by atoms with van der Waals surface area (Å²) in [4.78, 5) is 45.6. The SMILES string of the molecule is COC(=O)c1cc2nn(C3CCN(C4CCN(C(=O)OC(C)(C)C)CC4)CC3)cc2cc1NC(=O)c1cccc(C(F)(F)F)n1. The monoisotopic (exact) mass is 630 g/mol. The van der Waals surface area contributed by atoms with E-state index in [0.717, 1.165) is 57.0 Å². The van der Waals surface area contributed by atoms with Gasteiger partial charge >= 0.3 is 18.2 Å². The second kappa shape index (κ2) is 12.7. The predicted molar refractivity (Wildman–Crippen MR) is 159 cm³/mol. The summed E-state index contributed by atoms with van der Waals surface area (Å²) in [6, 6.07) is 6.60. The minimum atomic E-state index is -4.71. The number of alkyl halides is 3. The van der Waals surface area contributed by atoms with Crippen LogP contribution in [0.5, 0.6) is 0 Å². The van der Waals surface area contributed by atoms with Crippen molar-refractivity contribution >= 4 is 34.6 Å². The second-order valence-electron chi connectivity index (χ2n) is 12.4. The number of halogens is 3.